The van der Waals surface area contributed by atoms with Gasteiger partial charge in [-0.2, -0.15) is 0 Å². The van der Waals surface area contributed by atoms with E-state index in [9.17, 15) is 19.5 Å². The lowest BCUT2D eigenvalue weighted by Gasteiger charge is -2.26. The number of fused-ring (bicyclic) bond motifs is 3. The van der Waals surface area contributed by atoms with Crippen molar-refractivity contribution in [3.05, 3.63) is 59.7 Å². The number of hydrogen-bond donors (Lipinski definition) is 3. The Balaban J connectivity index is 1.38. The molecule has 2 aliphatic carbocycles. The highest BCUT2D eigenvalue weighted by Crippen LogP contribution is 2.48. The fraction of sp³-hybridized carbons (Fsp3) is 0.423. The maximum atomic E-state index is 12.6. The fourth-order valence-corrected chi connectivity index (χ4v) is 4.53. The molecule has 8 nitrogen and oxygen atoms in total. The molecule has 1 unspecified atom stereocenters. The molecule has 34 heavy (non-hydrogen) atoms. The van der Waals surface area contributed by atoms with E-state index in [-0.39, 0.29) is 19.1 Å². The highest BCUT2D eigenvalue weighted by atomic mass is 16.6. The Morgan fingerprint density at radius 1 is 1.00 bits per heavy atom. The van der Waals surface area contributed by atoms with Crippen LogP contribution in [0.5, 0.6) is 0 Å². The zero-order valence-electron chi connectivity index (χ0n) is 19.6. The van der Waals surface area contributed by atoms with Gasteiger partial charge in [-0.15, -0.1) is 0 Å². The number of benzene rings is 2. The number of carboxylic acid groups (broad SMARTS) is 1. The highest BCUT2D eigenvalue weighted by Gasteiger charge is 2.54. The molecule has 0 radical (unpaired) electrons. The number of ether oxygens (including phenoxy) is 2. The average Bonchev–Trinajstić information content (AvgIpc) is 3.49. The number of carbonyl (C=O) groups excluding carboxylic acids is 2. The van der Waals surface area contributed by atoms with Crippen molar-refractivity contribution < 1.29 is 29.0 Å². The van der Waals surface area contributed by atoms with Crippen LogP contribution in [0.25, 0.3) is 11.1 Å². The summed E-state index contributed by atoms with van der Waals surface area (Å²) in [5, 5.41) is 14.9. The number of alkyl carbamates (subject to hydrolysis) is 2. The molecule has 8 heteroatoms. The quantitative estimate of drug-likeness (QED) is 0.561. The Hall–Kier alpha value is -3.55. The second kappa shape index (κ2) is 9.00. The van der Waals surface area contributed by atoms with Crippen LogP contribution < -0.4 is 10.6 Å². The molecule has 0 saturated heterocycles. The van der Waals surface area contributed by atoms with Crippen LogP contribution in [0.1, 0.15) is 50.7 Å². The number of aliphatic carboxylic acids is 1. The molecular weight excluding hydrogens is 436 g/mol. The first-order valence-electron chi connectivity index (χ1n) is 11.4. The number of carboxylic acids is 1. The molecule has 1 fully saturated rings. The van der Waals surface area contributed by atoms with Gasteiger partial charge < -0.3 is 25.2 Å². The summed E-state index contributed by atoms with van der Waals surface area (Å²) >= 11 is 0. The molecule has 0 bridgehead atoms. The van der Waals surface area contributed by atoms with Gasteiger partial charge in [-0.1, -0.05) is 48.5 Å². The standard InChI is InChI=1S/C26H30N2O6/c1-25(2,3)34-23(31)27-15-26(12-13-26)21(22(29)30)28-24(32)33-14-20-18-10-6-4-8-16(18)17-9-5-7-11-19(17)20/h4-11,20-21H,12-15H2,1-3H3,(H,27,31)(H,28,32)(H,29,30). The number of hydrogen-bond acceptors (Lipinski definition) is 5. The van der Waals surface area contributed by atoms with Gasteiger partial charge in [0, 0.05) is 17.9 Å². The van der Waals surface area contributed by atoms with E-state index in [4.69, 9.17) is 9.47 Å². The minimum atomic E-state index is -1.18. The monoisotopic (exact) mass is 466 g/mol. The first-order valence-corrected chi connectivity index (χ1v) is 11.4. The Kier molecular flexibility index (Phi) is 6.25. The second-order valence-electron chi connectivity index (χ2n) is 9.96. The molecule has 2 aromatic carbocycles. The van der Waals surface area contributed by atoms with Crippen molar-refractivity contribution in [1.82, 2.24) is 10.6 Å². The van der Waals surface area contributed by atoms with E-state index in [0.29, 0.717) is 12.8 Å². The lowest BCUT2D eigenvalue weighted by atomic mass is 9.96. The van der Waals surface area contributed by atoms with E-state index in [1.54, 1.807) is 20.8 Å². The summed E-state index contributed by atoms with van der Waals surface area (Å²) in [6.07, 6.45) is -0.297. The van der Waals surface area contributed by atoms with Crippen LogP contribution in [-0.4, -0.2) is 48.1 Å². The summed E-state index contributed by atoms with van der Waals surface area (Å²) in [5.41, 5.74) is 2.94. The van der Waals surface area contributed by atoms with Crippen molar-refractivity contribution in [3.63, 3.8) is 0 Å². The van der Waals surface area contributed by atoms with Crippen molar-refractivity contribution in [1.29, 1.82) is 0 Å². The lowest BCUT2D eigenvalue weighted by molar-refractivity contribution is -0.141. The number of rotatable bonds is 7. The molecule has 1 atom stereocenters. The van der Waals surface area contributed by atoms with Gasteiger partial charge in [-0.3, -0.25) is 0 Å². The Bertz CT molecular complexity index is 1060. The van der Waals surface area contributed by atoms with Gasteiger partial charge in [-0.05, 0) is 55.9 Å². The minimum Gasteiger partial charge on any atom is -0.480 e. The maximum Gasteiger partial charge on any atom is 0.407 e. The summed E-state index contributed by atoms with van der Waals surface area (Å²) in [7, 11) is 0. The molecule has 2 aliphatic rings. The number of carbonyl (C=O) groups is 3. The van der Waals surface area contributed by atoms with Crippen molar-refractivity contribution in [2.75, 3.05) is 13.2 Å². The molecule has 4 rings (SSSR count). The normalized spacial score (nSPS) is 16.6. The molecule has 3 N–H and O–H groups in total. The number of nitrogens with one attached hydrogen (secondary N) is 2. The molecule has 0 aromatic heterocycles. The number of amides is 2. The van der Waals surface area contributed by atoms with Crippen LogP contribution in [0.2, 0.25) is 0 Å². The Morgan fingerprint density at radius 2 is 1.56 bits per heavy atom. The Morgan fingerprint density at radius 3 is 2.06 bits per heavy atom. The summed E-state index contributed by atoms with van der Waals surface area (Å²) in [6.45, 7) is 5.42. The topological polar surface area (TPSA) is 114 Å². The van der Waals surface area contributed by atoms with E-state index in [2.05, 4.69) is 10.6 Å². The van der Waals surface area contributed by atoms with Crippen molar-refractivity contribution in [2.24, 2.45) is 5.41 Å². The zero-order valence-corrected chi connectivity index (χ0v) is 19.6. The van der Waals surface area contributed by atoms with Crippen LogP contribution in [-0.2, 0) is 14.3 Å². The third kappa shape index (κ3) is 5.00. The zero-order chi connectivity index (χ0) is 24.5. The first-order chi connectivity index (χ1) is 16.1. The summed E-state index contributed by atoms with van der Waals surface area (Å²) in [6, 6.07) is 14.8. The van der Waals surface area contributed by atoms with Gasteiger partial charge in [-0.25, -0.2) is 14.4 Å². The molecule has 2 amide bonds. The molecule has 180 valence electrons. The van der Waals surface area contributed by atoms with Gasteiger partial charge in [0.15, 0.2) is 0 Å². The summed E-state index contributed by atoms with van der Waals surface area (Å²) < 4.78 is 10.7. The maximum absolute atomic E-state index is 12.6. The van der Waals surface area contributed by atoms with Gasteiger partial charge in [0.2, 0.25) is 0 Å². The molecule has 1 saturated carbocycles. The SMILES string of the molecule is CC(C)(C)OC(=O)NCC1(C(NC(=O)OCC2c3ccccc3-c3ccccc32)C(=O)O)CC1. The highest BCUT2D eigenvalue weighted by molar-refractivity contribution is 5.82. The van der Waals surface area contributed by atoms with Gasteiger partial charge in [0.05, 0.1) is 0 Å². The van der Waals surface area contributed by atoms with Crippen molar-refractivity contribution >= 4 is 18.2 Å². The summed E-state index contributed by atoms with van der Waals surface area (Å²) in [5.74, 6) is -1.29. The van der Waals surface area contributed by atoms with E-state index in [1.807, 2.05) is 48.5 Å². The molecule has 0 heterocycles. The van der Waals surface area contributed by atoms with Crippen LogP contribution in [0.3, 0.4) is 0 Å². The predicted molar refractivity (Wildman–Crippen MR) is 126 cm³/mol. The fourth-order valence-electron chi connectivity index (χ4n) is 4.53. The smallest absolute Gasteiger partial charge is 0.407 e. The molecule has 0 aliphatic heterocycles. The predicted octanol–water partition coefficient (Wildman–Crippen LogP) is 4.28. The van der Waals surface area contributed by atoms with Gasteiger partial charge >= 0.3 is 18.2 Å². The Labute approximate surface area is 198 Å². The van der Waals surface area contributed by atoms with E-state index >= 15 is 0 Å². The van der Waals surface area contributed by atoms with Crippen molar-refractivity contribution in [3.8, 4) is 11.1 Å². The molecular formula is C26H30N2O6. The minimum absolute atomic E-state index is 0.0858. The van der Waals surface area contributed by atoms with E-state index in [0.717, 1.165) is 22.3 Å². The van der Waals surface area contributed by atoms with Crippen LogP contribution in [0.4, 0.5) is 9.59 Å². The van der Waals surface area contributed by atoms with Gasteiger partial charge in [0.1, 0.15) is 18.2 Å². The van der Waals surface area contributed by atoms with Crippen LogP contribution in [0, 0.1) is 5.41 Å². The van der Waals surface area contributed by atoms with Crippen LogP contribution >= 0.6 is 0 Å². The van der Waals surface area contributed by atoms with Crippen molar-refractivity contribution in [2.45, 2.75) is 51.2 Å². The van der Waals surface area contributed by atoms with E-state index in [1.165, 1.54) is 0 Å². The molecule has 2 aromatic rings. The first kappa shape index (κ1) is 23.6. The average molecular weight is 467 g/mol. The lowest BCUT2D eigenvalue weighted by Crippen LogP contribution is -2.51. The van der Waals surface area contributed by atoms with Crippen LogP contribution in [0.15, 0.2) is 48.5 Å². The molecule has 0 spiro atoms. The third-order valence-electron chi connectivity index (χ3n) is 6.34. The third-order valence-corrected chi connectivity index (χ3v) is 6.34. The largest absolute Gasteiger partial charge is 0.480 e. The summed E-state index contributed by atoms with van der Waals surface area (Å²) in [4.78, 5) is 36.6. The second-order valence-corrected chi connectivity index (χ2v) is 9.96. The van der Waals surface area contributed by atoms with E-state index < -0.39 is 35.2 Å². The van der Waals surface area contributed by atoms with Gasteiger partial charge in [0.25, 0.3) is 0 Å².